The molecule has 0 spiro atoms. The predicted octanol–water partition coefficient (Wildman–Crippen LogP) is 1.72. The number of aryl methyl sites for hydroxylation is 1. The molecule has 0 atom stereocenters. The van der Waals surface area contributed by atoms with Crippen LogP contribution in [0.4, 0.5) is 0 Å². The number of esters is 1. The fourth-order valence-corrected chi connectivity index (χ4v) is 2.52. The zero-order valence-corrected chi connectivity index (χ0v) is 14.3. The molecule has 0 bridgehead atoms. The van der Waals surface area contributed by atoms with Crippen molar-refractivity contribution in [3.8, 4) is 11.5 Å². The van der Waals surface area contributed by atoms with Crippen LogP contribution in [-0.2, 0) is 6.54 Å². The van der Waals surface area contributed by atoms with Gasteiger partial charge in [0.2, 0.25) is 0 Å². The first-order valence-corrected chi connectivity index (χ1v) is 8.02. The summed E-state index contributed by atoms with van der Waals surface area (Å²) in [6.45, 7) is 2.32. The minimum Gasteiger partial charge on any atom is -0.497 e. The largest absolute Gasteiger partial charge is 0.497 e. The van der Waals surface area contributed by atoms with Gasteiger partial charge in [-0.2, -0.15) is 0 Å². The predicted molar refractivity (Wildman–Crippen MR) is 94.9 cm³/mol. The van der Waals surface area contributed by atoms with Gasteiger partial charge in [0.05, 0.1) is 18.1 Å². The van der Waals surface area contributed by atoms with Crippen molar-refractivity contribution in [3.05, 3.63) is 62.9 Å². The van der Waals surface area contributed by atoms with Crippen LogP contribution in [0, 0.1) is 0 Å². The van der Waals surface area contributed by atoms with Gasteiger partial charge in [-0.1, -0.05) is 6.92 Å². The molecule has 0 saturated heterocycles. The van der Waals surface area contributed by atoms with Crippen molar-refractivity contribution in [2.45, 2.75) is 19.9 Å². The molecule has 2 heterocycles. The Balaban J connectivity index is 1.96. The van der Waals surface area contributed by atoms with Crippen molar-refractivity contribution in [1.29, 1.82) is 0 Å². The van der Waals surface area contributed by atoms with Crippen molar-refractivity contribution >= 4 is 17.0 Å². The monoisotopic (exact) mass is 355 g/mol. The van der Waals surface area contributed by atoms with Crippen molar-refractivity contribution in [2.75, 3.05) is 7.11 Å². The Morgan fingerprint density at radius 3 is 2.54 bits per heavy atom. The maximum absolute atomic E-state index is 12.3. The highest BCUT2D eigenvalue weighted by molar-refractivity contribution is 5.94. The second-order valence-electron chi connectivity index (χ2n) is 5.57. The highest BCUT2D eigenvalue weighted by Gasteiger charge is 2.14. The van der Waals surface area contributed by atoms with E-state index in [1.54, 1.807) is 24.3 Å². The molecule has 8 nitrogen and oxygen atoms in total. The lowest BCUT2D eigenvalue weighted by Crippen LogP contribution is -2.31. The number of aromatic nitrogens is 3. The molecule has 3 aromatic rings. The molecule has 1 aromatic carbocycles. The van der Waals surface area contributed by atoms with Crippen LogP contribution in [0.1, 0.15) is 23.7 Å². The Hall–Kier alpha value is -3.42. The van der Waals surface area contributed by atoms with Gasteiger partial charge >= 0.3 is 11.7 Å². The number of aromatic amines is 1. The lowest BCUT2D eigenvalue weighted by atomic mass is 10.2. The van der Waals surface area contributed by atoms with E-state index in [2.05, 4.69) is 9.97 Å². The summed E-state index contributed by atoms with van der Waals surface area (Å²) in [5.41, 5.74) is -0.767. The molecular weight excluding hydrogens is 338 g/mol. The standard InChI is InChI=1S/C18H17N3O5/c1-3-8-21-15-14(16(22)20-18(21)24)9-11(10-19-15)17(23)26-13-6-4-12(25-2)5-7-13/h4-7,9-10H,3,8H2,1-2H3,(H,20,22,24). The van der Waals surface area contributed by atoms with Gasteiger partial charge in [-0.25, -0.2) is 14.6 Å². The fraction of sp³-hybridized carbons (Fsp3) is 0.222. The highest BCUT2D eigenvalue weighted by Crippen LogP contribution is 2.18. The second kappa shape index (κ2) is 7.22. The van der Waals surface area contributed by atoms with Crippen LogP contribution >= 0.6 is 0 Å². The number of ether oxygens (including phenoxy) is 2. The lowest BCUT2D eigenvalue weighted by molar-refractivity contribution is 0.0734. The molecule has 0 aliphatic carbocycles. The maximum atomic E-state index is 12.3. The quantitative estimate of drug-likeness (QED) is 0.552. The first kappa shape index (κ1) is 17.4. The summed E-state index contributed by atoms with van der Waals surface area (Å²) in [6.07, 6.45) is 1.99. The van der Waals surface area contributed by atoms with Gasteiger partial charge in [-0.3, -0.25) is 14.3 Å². The Morgan fingerprint density at radius 2 is 1.88 bits per heavy atom. The number of carbonyl (C=O) groups is 1. The lowest BCUT2D eigenvalue weighted by Gasteiger charge is -2.09. The average Bonchev–Trinajstić information content (AvgIpc) is 2.65. The molecule has 1 N–H and O–H groups in total. The van der Waals surface area contributed by atoms with E-state index >= 15 is 0 Å². The zero-order chi connectivity index (χ0) is 18.7. The summed E-state index contributed by atoms with van der Waals surface area (Å²) < 4.78 is 11.7. The third kappa shape index (κ3) is 3.34. The summed E-state index contributed by atoms with van der Waals surface area (Å²) in [7, 11) is 1.54. The second-order valence-corrected chi connectivity index (χ2v) is 5.57. The molecular formula is C18H17N3O5. The van der Waals surface area contributed by atoms with E-state index in [-0.39, 0.29) is 16.6 Å². The number of rotatable bonds is 5. The molecule has 0 fully saturated rings. The van der Waals surface area contributed by atoms with E-state index < -0.39 is 17.2 Å². The third-order valence-electron chi connectivity index (χ3n) is 3.79. The number of hydrogen-bond acceptors (Lipinski definition) is 6. The van der Waals surface area contributed by atoms with Crippen LogP contribution in [0.25, 0.3) is 11.0 Å². The van der Waals surface area contributed by atoms with Gasteiger partial charge in [-0.05, 0) is 36.8 Å². The summed E-state index contributed by atoms with van der Waals surface area (Å²) in [6, 6.07) is 7.89. The Labute approximate surface area is 148 Å². The summed E-state index contributed by atoms with van der Waals surface area (Å²) >= 11 is 0. The van der Waals surface area contributed by atoms with Crippen molar-refractivity contribution in [3.63, 3.8) is 0 Å². The molecule has 8 heteroatoms. The first-order chi connectivity index (χ1) is 12.5. The zero-order valence-electron chi connectivity index (χ0n) is 14.3. The minimum atomic E-state index is -0.655. The van der Waals surface area contributed by atoms with Crippen LogP contribution in [0.2, 0.25) is 0 Å². The number of fused-ring (bicyclic) bond motifs is 1. The number of nitrogens with one attached hydrogen (secondary N) is 1. The molecule has 0 radical (unpaired) electrons. The molecule has 0 unspecified atom stereocenters. The number of hydrogen-bond donors (Lipinski definition) is 1. The van der Waals surface area contributed by atoms with Crippen LogP contribution in [0.15, 0.2) is 46.1 Å². The molecule has 0 aliphatic rings. The number of nitrogens with zero attached hydrogens (tertiary/aromatic N) is 2. The maximum Gasteiger partial charge on any atom is 0.345 e. The number of benzene rings is 1. The van der Waals surface area contributed by atoms with Gasteiger partial charge in [0, 0.05) is 12.7 Å². The first-order valence-electron chi connectivity index (χ1n) is 8.02. The van der Waals surface area contributed by atoms with Gasteiger partial charge in [-0.15, -0.1) is 0 Å². The average molecular weight is 355 g/mol. The van der Waals surface area contributed by atoms with E-state index in [1.165, 1.54) is 23.9 Å². The molecule has 0 aliphatic heterocycles. The van der Waals surface area contributed by atoms with Crippen LogP contribution in [0.5, 0.6) is 11.5 Å². The van der Waals surface area contributed by atoms with Gasteiger partial charge in [0.1, 0.15) is 17.1 Å². The molecule has 0 saturated carbocycles. The topological polar surface area (TPSA) is 103 Å². The van der Waals surface area contributed by atoms with Crippen molar-refractivity contribution < 1.29 is 14.3 Å². The Kier molecular flexibility index (Phi) is 4.83. The Morgan fingerprint density at radius 1 is 1.19 bits per heavy atom. The molecule has 26 heavy (non-hydrogen) atoms. The third-order valence-corrected chi connectivity index (χ3v) is 3.79. The molecule has 2 aromatic heterocycles. The summed E-state index contributed by atoms with van der Waals surface area (Å²) in [4.78, 5) is 42.7. The van der Waals surface area contributed by atoms with Gasteiger partial charge in [0.25, 0.3) is 5.56 Å². The van der Waals surface area contributed by atoms with Gasteiger partial charge in [0.15, 0.2) is 0 Å². The van der Waals surface area contributed by atoms with Gasteiger partial charge < -0.3 is 9.47 Å². The SMILES string of the molecule is CCCn1c(=O)[nH]c(=O)c2cc(C(=O)Oc3ccc(OC)cc3)cnc21. The number of carbonyl (C=O) groups excluding carboxylic acids is 1. The summed E-state index contributed by atoms with van der Waals surface area (Å²) in [5.74, 6) is 0.315. The Bertz CT molecular complexity index is 1070. The fourth-order valence-electron chi connectivity index (χ4n) is 2.52. The van der Waals surface area contributed by atoms with E-state index in [0.29, 0.717) is 24.5 Å². The van der Waals surface area contributed by atoms with Crippen LogP contribution < -0.4 is 20.7 Å². The van der Waals surface area contributed by atoms with Crippen LogP contribution in [-0.4, -0.2) is 27.6 Å². The summed E-state index contributed by atoms with van der Waals surface area (Å²) in [5, 5.41) is 0.155. The van der Waals surface area contributed by atoms with E-state index in [1.807, 2.05) is 6.92 Å². The van der Waals surface area contributed by atoms with E-state index in [0.717, 1.165) is 0 Å². The molecule has 3 rings (SSSR count). The minimum absolute atomic E-state index is 0.112. The number of H-pyrrole nitrogens is 1. The van der Waals surface area contributed by atoms with E-state index in [4.69, 9.17) is 9.47 Å². The van der Waals surface area contributed by atoms with Crippen LogP contribution in [0.3, 0.4) is 0 Å². The highest BCUT2D eigenvalue weighted by atomic mass is 16.5. The normalized spacial score (nSPS) is 10.7. The number of pyridine rings is 1. The molecule has 0 amide bonds. The number of methoxy groups -OCH3 is 1. The smallest absolute Gasteiger partial charge is 0.345 e. The van der Waals surface area contributed by atoms with Crippen molar-refractivity contribution in [1.82, 2.24) is 14.5 Å². The molecule has 134 valence electrons. The van der Waals surface area contributed by atoms with Crippen molar-refractivity contribution in [2.24, 2.45) is 0 Å². The van der Waals surface area contributed by atoms with E-state index in [9.17, 15) is 14.4 Å².